The number of rotatable bonds is 5. The zero-order chi connectivity index (χ0) is 39.6. The molecule has 2 aliphatic rings. The molecular formula is C56H35N3S. The molecule has 1 aliphatic carbocycles. The van der Waals surface area contributed by atoms with E-state index in [-0.39, 0.29) is 0 Å². The van der Waals surface area contributed by atoms with E-state index in [2.05, 4.69) is 194 Å². The molecule has 0 saturated heterocycles. The minimum absolute atomic E-state index is 0.586. The lowest BCUT2D eigenvalue weighted by molar-refractivity contribution is 0.723. The fourth-order valence-corrected chi connectivity index (χ4v) is 10.7. The van der Waals surface area contributed by atoms with Crippen molar-refractivity contribution in [2.75, 3.05) is 0 Å². The van der Waals surface area contributed by atoms with Crippen LogP contribution >= 0.6 is 11.8 Å². The Hall–Kier alpha value is -7.40. The second-order valence-corrected chi connectivity index (χ2v) is 16.6. The molecule has 0 fully saturated rings. The molecule has 0 amide bonds. The van der Waals surface area contributed by atoms with E-state index in [0.29, 0.717) is 5.82 Å². The maximum Gasteiger partial charge on any atom is 0.160 e. The zero-order valence-corrected chi connectivity index (χ0v) is 33.3. The summed E-state index contributed by atoms with van der Waals surface area (Å²) >= 11 is 1.85. The van der Waals surface area contributed by atoms with Gasteiger partial charge >= 0.3 is 0 Å². The summed E-state index contributed by atoms with van der Waals surface area (Å²) in [6.07, 6.45) is 1.89. The molecule has 0 atom stereocenters. The van der Waals surface area contributed by atoms with Gasteiger partial charge in [-0.25, -0.2) is 9.97 Å². The molecule has 0 saturated carbocycles. The second-order valence-electron chi connectivity index (χ2n) is 15.5. The van der Waals surface area contributed by atoms with Crippen LogP contribution in [0.4, 0.5) is 0 Å². The summed E-state index contributed by atoms with van der Waals surface area (Å²) in [6.45, 7) is 0. The molecule has 3 heterocycles. The zero-order valence-electron chi connectivity index (χ0n) is 32.5. The Balaban J connectivity index is 1.10. The van der Waals surface area contributed by atoms with E-state index < -0.39 is 5.41 Å². The van der Waals surface area contributed by atoms with Crippen LogP contribution in [0.25, 0.3) is 78.2 Å². The van der Waals surface area contributed by atoms with E-state index in [9.17, 15) is 0 Å². The average Bonchev–Trinajstić information content (AvgIpc) is 3.62. The molecule has 0 bridgehead atoms. The third-order valence-corrected chi connectivity index (χ3v) is 13.4. The van der Waals surface area contributed by atoms with E-state index in [4.69, 9.17) is 15.0 Å². The van der Waals surface area contributed by atoms with Crippen LogP contribution in [-0.2, 0) is 5.41 Å². The van der Waals surface area contributed by atoms with Crippen LogP contribution in [-0.4, -0.2) is 15.0 Å². The molecule has 0 N–H and O–H groups in total. The van der Waals surface area contributed by atoms with E-state index in [1.54, 1.807) is 0 Å². The number of hydrogen-bond acceptors (Lipinski definition) is 4. The van der Waals surface area contributed by atoms with Crippen LogP contribution in [0.15, 0.2) is 222 Å². The van der Waals surface area contributed by atoms with E-state index in [0.717, 1.165) is 55.7 Å². The van der Waals surface area contributed by atoms with Gasteiger partial charge in [-0.05, 0) is 92.5 Å². The van der Waals surface area contributed by atoms with Crippen molar-refractivity contribution in [3.8, 4) is 67.3 Å². The van der Waals surface area contributed by atoms with Crippen LogP contribution in [0, 0.1) is 0 Å². The van der Waals surface area contributed by atoms with Gasteiger partial charge in [0, 0.05) is 43.6 Å². The Labute approximate surface area is 353 Å². The summed E-state index contributed by atoms with van der Waals surface area (Å²) in [5.74, 6) is 0.695. The summed E-state index contributed by atoms with van der Waals surface area (Å²) in [5, 5.41) is 1.13. The topological polar surface area (TPSA) is 38.7 Å². The predicted octanol–water partition coefficient (Wildman–Crippen LogP) is 14.2. The van der Waals surface area contributed by atoms with Crippen molar-refractivity contribution in [2.24, 2.45) is 0 Å². The molecule has 1 spiro atoms. The first-order chi connectivity index (χ1) is 29.7. The largest absolute Gasteiger partial charge is 0.256 e. The Morgan fingerprint density at radius 1 is 0.350 bits per heavy atom. The number of pyridine rings is 1. The normalized spacial score (nSPS) is 13.1. The van der Waals surface area contributed by atoms with Gasteiger partial charge in [0.25, 0.3) is 0 Å². The molecule has 60 heavy (non-hydrogen) atoms. The lowest BCUT2D eigenvalue weighted by Crippen LogP contribution is -2.32. The molecule has 4 heteroatoms. The van der Waals surface area contributed by atoms with Crippen molar-refractivity contribution in [1.82, 2.24) is 15.0 Å². The summed E-state index contributed by atoms with van der Waals surface area (Å²) in [7, 11) is 0. The number of benzene rings is 8. The van der Waals surface area contributed by atoms with E-state index >= 15 is 0 Å². The minimum Gasteiger partial charge on any atom is -0.256 e. The third-order valence-electron chi connectivity index (χ3n) is 12.2. The number of fused-ring (bicyclic) bond motifs is 10. The predicted molar refractivity (Wildman–Crippen MR) is 246 cm³/mol. The van der Waals surface area contributed by atoms with Crippen molar-refractivity contribution >= 4 is 22.7 Å². The average molecular weight is 782 g/mol. The Bertz CT molecular complexity index is 3250. The molecule has 10 aromatic rings. The highest BCUT2D eigenvalue weighted by molar-refractivity contribution is 7.99. The molecule has 2 aromatic heterocycles. The van der Waals surface area contributed by atoms with Gasteiger partial charge in [0.05, 0.1) is 22.3 Å². The first kappa shape index (κ1) is 34.6. The Morgan fingerprint density at radius 3 is 1.63 bits per heavy atom. The van der Waals surface area contributed by atoms with Crippen LogP contribution in [0.5, 0.6) is 0 Å². The smallest absolute Gasteiger partial charge is 0.160 e. The van der Waals surface area contributed by atoms with Gasteiger partial charge in [-0.2, -0.15) is 0 Å². The fraction of sp³-hybridized carbons (Fsp3) is 0.0179. The van der Waals surface area contributed by atoms with Gasteiger partial charge in [-0.15, -0.1) is 0 Å². The van der Waals surface area contributed by atoms with Crippen molar-refractivity contribution in [2.45, 2.75) is 15.2 Å². The van der Waals surface area contributed by atoms with E-state index in [1.165, 1.54) is 48.7 Å². The molecule has 280 valence electrons. The van der Waals surface area contributed by atoms with Crippen molar-refractivity contribution in [1.29, 1.82) is 0 Å². The maximum absolute atomic E-state index is 5.39. The second kappa shape index (κ2) is 13.9. The minimum atomic E-state index is -0.586. The highest BCUT2D eigenvalue weighted by Gasteiger charge is 2.50. The molecule has 3 nitrogen and oxygen atoms in total. The molecule has 12 rings (SSSR count). The van der Waals surface area contributed by atoms with Crippen molar-refractivity contribution in [3.63, 3.8) is 0 Å². The number of aromatic nitrogens is 3. The molecule has 1 aliphatic heterocycles. The molecule has 0 radical (unpaired) electrons. The van der Waals surface area contributed by atoms with Gasteiger partial charge in [-0.1, -0.05) is 176 Å². The summed E-state index contributed by atoms with van der Waals surface area (Å²) in [4.78, 5) is 18.1. The van der Waals surface area contributed by atoms with Gasteiger partial charge in [0.2, 0.25) is 0 Å². The quantitative estimate of drug-likeness (QED) is 0.174. The molecular weight excluding hydrogens is 747 g/mol. The highest BCUT2D eigenvalue weighted by Crippen LogP contribution is 2.63. The van der Waals surface area contributed by atoms with Gasteiger partial charge in [0.15, 0.2) is 5.82 Å². The standard InChI is InChI=1S/C56H35N3S/c1-3-14-36(15-4-1)39-19-11-20-41(32-39)51-35-50(37-16-5-2-6-17-37)58-55(59-51)42-28-30-53-49(34-42)56(46-25-9-7-22-44(46)45-23-8-10-26-47(45)56)48-33-40(27-29-52(48)60-53)43-24-12-18-38-21-13-31-57-54(38)43/h1-35H. The summed E-state index contributed by atoms with van der Waals surface area (Å²) in [5.41, 5.74) is 17.5. The third kappa shape index (κ3) is 5.42. The number of hydrogen-bond donors (Lipinski definition) is 0. The Morgan fingerprint density at radius 2 is 0.900 bits per heavy atom. The van der Waals surface area contributed by atoms with Gasteiger partial charge in [-0.3, -0.25) is 4.98 Å². The summed E-state index contributed by atoms with van der Waals surface area (Å²) < 4.78 is 0. The van der Waals surface area contributed by atoms with Crippen LogP contribution < -0.4 is 0 Å². The van der Waals surface area contributed by atoms with Crippen LogP contribution in [0.1, 0.15) is 22.3 Å². The van der Waals surface area contributed by atoms with Gasteiger partial charge in [0.1, 0.15) is 0 Å². The molecule has 0 unspecified atom stereocenters. The SMILES string of the molecule is c1ccc(-c2cccc(-c3cc(-c4ccccc4)nc(-c4ccc5c(c4)C4(c6cc(-c7cccc8cccnc78)ccc6S5)c5ccccc5-c5ccccc54)n3)c2)cc1. The van der Waals surface area contributed by atoms with Crippen molar-refractivity contribution < 1.29 is 0 Å². The lowest BCUT2D eigenvalue weighted by Gasteiger charge is -2.40. The maximum atomic E-state index is 5.39. The highest BCUT2D eigenvalue weighted by atomic mass is 32.2. The summed E-state index contributed by atoms with van der Waals surface area (Å²) in [6, 6.07) is 74.3. The van der Waals surface area contributed by atoms with Crippen molar-refractivity contribution in [3.05, 3.63) is 235 Å². The first-order valence-electron chi connectivity index (χ1n) is 20.3. The van der Waals surface area contributed by atoms with Gasteiger partial charge < -0.3 is 0 Å². The monoisotopic (exact) mass is 781 g/mol. The number of para-hydroxylation sites is 1. The van der Waals surface area contributed by atoms with Crippen LogP contribution in [0.3, 0.4) is 0 Å². The first-order valence-corrected chi connectivity index (χ1v) is 21.2. The van der Waals surface area contributed by atoms with Crippen LogP contribution in [0.2, 0.25) is 0 Å². The van der Waals surface area contributed by atoms with E-state index in [1.807, 2.05) is 30.1 Å². The number of nitrogens with zero attached hydrogens (tertiary/aromatic N) is 3. The Kier molecular flexibility index (Phi) is 8.00. The molecule has 8 aromatic carbocycles. The fourth-order valence-electron chi connectivity index (χ4n) is 9.52. The lowest BCUT2D eigenvalue weighted by atomic mass is 9.66.